The lowest BCUT2D eigenvalue weighted by Gasteiger charge is -2.36. The molecule has 1 saturated carbocycles. The Morgan fingerprint density at radius 1 is 1.33 bits per heavy atom. The van der Waals surface area contributed by atoms with Crippen LogP contribution in [0.5, 0.6) is 0 Å². The maximum absolute atomic E-state index is 12.0. The fourth-order valence-corrected chi connectivity index (χ4v) is 3.64. The molecular formula is C11H19F3N2O4S. The zero-order valence-electron chi connectivity index (χ0n) is 11.5. The van der Waals surface area contributed by atoms with Crippen molar-refractivity contribution in [2.24, 2.45) is 5.92 Å². The van der Waals surface area contributed by atoms with Crippen molar-refractivity contribution < 1.29 is 31.5 Å². The van der Waals surface area contributed by atoms with E-state index in [1.165, 1.54) is 4.72 Å². The summed E-state index contributed by atoms with van der Waals surface area (Å²) >= 11 is 0. The van der Waals surface area contributed by atoms with E-state index >= 15 is 0 Å². The zero-order chi connectivity index (χ0) is 16.3. The van der Waals surface area contributed by atoms with Crippen LogP contribution >= 0.6 is 0 Å². The average Bonchev–Trinajstić information content (AvgIpc) is 2.36. The highest BCUT2D eigenvalue weighted by Gasteiger charge is 2.45. The molecule has 10 heteroatoms. The number of hydrogen-bond acceptors (Lipinski definition) is 3. The summed E-state index contributed by atoms with van der Waals surface area (Å²) in [5.41, 5.74) is -1.73. The van der Waals surface area contributed by atoms with Gasteiger partial charge in [0, 0.05) is 0 Å². The second kappa shape index (κ2) is 6.49. The summed E-state index contributed by atoms with van der Waals surface area (Å²) in [5.74, 6) is -1.06. The van der Waals surface area contributed by atoms with Crippen LogP contribution in [0.4, 0.5) is 13.2 Å². The predicted octanol–water partition coefficient (Wildman–Crippen LogP) is 1.40. The number of aliphatic carboxylic acids is 1. The molecule has 0 aromatic rings. The van der Waals surface area contributed by atoms with Crippen LogP contribution in [0.2, 0.25) is 0 Å². The van der Waals surface area contributed by atoms with Crippen molar-refractivity contribution in [3.05, 3.63) is 0 Å². The van der Waals surface area contributed by atoms with E-state index in [1.807, 2.05) is 11.6 Å². The fourth-order valence-electron chi connectivity index (χ4n) is 2.41. The number of hydrogen-bond donors (Lipinski definition) is 3. The molecule has 1 rings (SSSR count). The Labute approximate surface area is 121 Å². The molecule has 0 aromatic heterocycles. The first-order valence-electron chi connectivity index (χ1n) is 6.58. The molecule has 124 valence electrons. The number of carbonyl (C=O) groups is 1. The van der Waals surface area contributed by atoms with Crippen molar-refractivity contribution in [2.45, 2.75) is 50.7 Å². The number of rotatable bonds is 6. The van der Waals surface area contributed by atoms with Gasteiger partial charge in [0.25, 0.3) is 10.2 Å². The molecule has 1 fully saturated rings. The van der Waals surface area contributed by atoms with E-state index in [0.717, 1.165) is 6.42 Å². The lowest BCUT2D eigenvalue weighted by atomic mass is 9.76. The van der Waals surface area contributed by atoms with E-state index in [2.05, 4.69) is 0 Å². The minimum atomic E-state index is -4.70. The Morgan fingerprint density at radius 2 is 1.86 bits per heavy atom. The first-order valence-corrected chi connectivity index (χ1v) is 8.07. The van der Waals surface area contributed by atoms with Crippen LogP contribution in [0.1, 0.15) is 39.0 Å². The number of nitrogens with one attached hydrogen (secondary N) is 2. The van der Waals surface area contributed by atoms with Gasteiger partial charge in [-0.1, -0.05) is 13.3 Å². The standard InChI is InChI=1S/C11H19F3N2O4S/c1-2-8-3-5-10(6-4-8,9(17)18)16-21(19,20)15-7-11(12,13)14/h8,15-16H,2-7H2,1H3,(H,17,18). The van der Waals surface area contributed by atoms with Crippen molar-refractivity contribution in [3.8, 4) is 0 Å². The fraction of sp³-hybridized carbons (Fsp3) is 0.909. The number of halogens is 3. The van der Waals surface area contributed by atoms with Gasteiger partial charge in [0.1, 0.15) is 12.1 Å². The van der Waals surface area contributed by atoms with Crippen molar-refractivity contribution in [2.75, 3.05) is 6.54 Å². The van der Waals surface area contributed by atoms with Gasteiger partial charge in [-0.05, 0) is 31.6 Å². The maximum atomic E-state index is 12.0. The van der Waals surface area contributed by atoms with Gasteiger partial charge in [-0.3, -0.25) is 4.79 Å². The Kier molecular flexibility index (Phi) is 5.62. The highest BCUT2D eigenvalue weighted by Crippen LogP contribution is 2.34. The summed E-state index contributed by atoms with van der Waals surface area (Å²) in [7, 11) is -4.54. The minimum absolute atomic E-state index is 0.0633. The Balaban J connectivity index is 2.77. The molecule has 6 nitrogen and oxygen atoms in total. The molecule has 1 aliphatic rings. The van der Waals surface area contributed by atoms with Crippen LogP contribution in [0.25, 0.3) is 0 Å². The second-order valence-corrected chi connectivity index (χ2v) is 6.78. The monoisotopic (exact) mass is 332 g/mol. The topological polar surface area (TPSA) is 95.5 Å². The molecule has 1 aliphatic carbocycles. The van der Waals surface area contributed by atoms with Crippen molar-refractivity contribution in [3.63, 3.8) is 0 Å². The summed E-state index contributed by atoms with van der Waals surface area (Å²) in [6.45, 7) is 0.211. The third-order valence-corrected chi connectivity index (χ3v) is 4.92. The molecule has 0 aliphatic heterocycles. The molecule has 3 N–H and O–H groups in total. The smallest absolute Gasteiger partial charge is 0.402 e. The van der Waals surface area contributed by atoms with Gasteiger partial charge in [-0.15, -0.1) is 0 Å². The third kappa shape index (κ3) is 5.44. The highest BCUT2D eigenvalue weighted by atomic mass is 32.2. The average molecular weight is 332 g/mol. The minimum Gasteiger partial charge on any atom is -0.480 e. The predicted molar refractivity (Wildman–Crippen MR) is 68.7 cm³/mol. The summed E-state index contributed by atoms with van der Waals surface area (Å²) < 4.78 is 62.6. The van der Waals surface area contributed by atoms with Gasteiger partial charge in [0.15, 0.2) is 0 Å². The van der Waals surface area contributed by atoms with Crippen molar-refractivity contribution in [1.29, 1.82) is 0 Å². The molecule has 0 bridgehead atoms. The molecule has 0 aromatic carbocycles. The van der Waals surface area contributed by atoms with Gasteiger partial charge in [-0.2, -0.15) is 31.0 Å². The lowest BCUT2D eigenvalue weighted by Crippen LogP contribution is -2.59. The number of alkyl halides is 3. The van der Waals surface area contributed by atoms with Gasteiger partial charge in [0.05, 0.1) is 0 Å². The Hall–Kier alpha value is -0.870. The van der Waals surface area contributed by atoms with E-state index in [4.69, 9.17) is 0 Å². The van der Waals surface area contributed by atoms with E-state index in [9.17, 15) is 31.5 Å². The zero-order valence-corrected chi connectivity index (χ0v) is 12.4. The summed E-state index contributed by atoms with van der Waals surface area (Å²) in [6, 6.07) is 0. The van der Waals surface area contributed by atoms with Crippen LogP contribution in [0.15, 0.2) is 0 Å². The first-order chi connectivity index (χ1) is 9.50. The van der Waals surface area contributed by atoms with Crippen molar-refractivity contribution in [1.82, 2.24) is 9.44 Å². The van der Waals surface area contributed by atoms with Crippen LogP contribution in [-0.2, 0) is 15.0 Å². The number of carboxylic acids is 1. The Bertz CT molecular complexity index is 470. The Morgan fingerprint density at radius 3 is 2.24 bits per heavy atom. The normalized spacial score (nSPS) is 27.5. The summed E-state index contributed by atoms with van der Waals surface area (Å²) in [5, 5.41) is 9.26. The van der Waals surface area contributed by atoms with Crippen LogP contribution in [0, 0.1) is 5.92 Å². The van der Waals surface area contributed by atoms with E-state index in [-0.39, 0.29) is 12.8 Å². The third-order valence-electron chi connectivity index (χ3n) is 3.74. The quantitative estimate of drug-likeness (QED) is 0.685. The van der Waals surface area contributed by atoms with Gasteiger partial charge >= 0.3 is 12.1 Å². The first kappa shape index (κ1) is 18.2. The SMILES string of the molecule is CCC1CCC(NS(=O)(=O)NCC(F)(F)F)(C(=O)O)CC1. The summed E-state index contributed by atoms with van der Waals surface area (Å²) in [6.07, 6.45) is -2.68. The van der Waals surface area contributed by atoms with Crippen LogP contribution < -0.4 is 9.44 Å². The van der Waals surface area contributed by atoms with Gasteiger partial charge < -0.3 is 5.11 Å². The molecule has 0 atom stereocenters. The molecule has 0 heterocycles. The number of carboxylic acid groups (broad SMARTS) is 1. The second-order valence-electron chi connectivity index (χ2n) is 5.28. The van der Waals surface area contributed by atoms with E-state index in [0.29, 0.717) is 18.8 Å². The molecule has 0 amide bonds. The molecule has 21 heavy (non-hydrogen) atoms. The van der Waals surface area contributed by atoms with E-state index < -0.39 is 34.4 Å². The molecule has 0 saturated heterocycles. The molecule has 0 unspecified atom stereocenters. The molecule has 0 spiro atoms. The lowest BCUT2D eigenvalue weighted by molar-refractivity contribution is -0.145. The van der Waals surface area contributed by atoms with Crippen LogP contribution in [-0.4, -0.2) is 37.8 Å². The largest absolute Gasteiger partial charge is 0.480 e. The summed E-state index contributed by atoms with van der Waals surface area (Å²) in [4.78, 5) is 11.4. The van der Waals surface area contributed by atoms with Gasteiger partial charge in [0.2, 0.25) is 0 Å². The molecule has 0 radical (unpaired) electrons. The molecular weight excluding hydrogens is 313 g/mol. The van der Waals surface area contributed by atoms with E-state index in [1.54, 1.807) is 0 Å². The van der Waals surface area contributed by atoms with Crippen molar-refractivity contribution >= 4 is 16.2 Å². The highest BCUT2D eigenvalue weighted by molar-refractivity contribution is 7.87. The maximum Gasteiger partial charge on any atom is 0.402 e. The van der Waals surface area contributed by atoms with Crippen LogP contribution in [0.3, 0.4) is 0 Å². The van der Waals surface area contributed by atoms with Gasteiger partial charge in [-0.25, -0.2) is 0 Å².